The predicted octanol–water partition coefficient (Wildman–Crippen LogP) is 9.47. The first-order chi connectivity index (χ1) is 24.5. The topological polar surface area (TPSA) is 68.6 Å². The van der Waals surface area contributed by atoms with E-state index in [4.69, 9.17) is 9.97 Å². The van der Waals surface area contributed by atoms with Gasteiger partial charge in [-0.05, 0) is 72.1 Å². The van der Waals surface area contributed by atoms with Crippen LogP contribution in [0.3, 0.4) is 0 Å². The van der Waals surface area contributed by atoms with E-state index in [0.717, 1.165) is 92.9 Å². The highest BCUT2D eigenvalue weighted by molar-refractivity contribution is 7.85. The number of benzene rings is 5. The zero-order chi connectivity index (χ0) is 33.8. The van der Waals surface area contributed by atoms with Gasteiger partial charge in [0.05, 0.1) is 22.4 Å². The summed E-state index contributed by atoms with van der Waals surface area (Å²) in [7, 11) is -3.23. The summed E-state index contributed by atoms with van der Waals surface area (Å²) >= 11 is 0. The van der Waals surface area contributed by atoms with Crippen molar-refractivity contribution in [2.45, 2.75) is 13.8 Å². The molecule has 5 aromatic carbocycles. The lowest BCUT2D eigenvalue weighted by Gasteiger charge is -2.22. The van der Waals surface area contributed by atoms with Gasteiger partial charge in [-0.1, -0.05) is 91.0 Å². The van der Waals surface area contributed by atoms with Crippen molar-refractivity contribution in [1.82, 2.24) is 19.9 Å². The molecule has 0 fully saturated rings. The Balaban J connectivity index is 1.45. The summed E-state index contributed by atoms with van der Waals surface area (Å²) in [6.45, 7) is 4.39. The Bertz CT molecular complexity index is 2750. The fraction of sp³-hybridized carbons (Fsp3) is 0.0455. The average Bonchev–Trinajstić information content (AvgIpc) is 3.19. The summed E-state index contributed by atoms with van der Waals surface area (Å²) in [5, 5.41) is 8.83. The zero-order valence-corrected chi connectivity index (χ0v) is 28.5. The summed E-state index contributed by atoms with van der Waals surface area (Å²) in [4.78, 5) is 19.6. The fourth-order valence-electron chi connectivity index (χ4n) is 7.57. The molecule has 0 saturated heterocycles. The lowest BCUT2D eigenvalue weighted by molar-refractivity contribution is 0.592. The highest BCUT2D eigenvalue weighted by Gasteiger charge is 2.31. The second kappa shape index (κ2) is 11.8. The quantitative estimate of drug-likeness (QED) is 0.104. The number of nitrogens with zero attached hydrogens (tertiary/aromatic N) is 4. The van der Waals surface area contributed by atoms with Crippen molar-refractivity contribution in [1.29, 1.82) is 0 Å². The molecule has 9 aromatic rings. The van der Waals surface area contributed by atoms with Gasteiger partial charge in [-0.25, -0.2) is 9.97 Å². The summed E-state index contributed by atoms with van der Waals surface area (Å²) in [6, 6.07) is 42.2. The van der Waals surface area contributed by atoms with Crippen LogP contribution in [0.4, 0.5) is 0 Å². The van der Waals surface area contributed by atoms with Crippen LogP contribution >= 0.6 is 7.14 Å². The van der Waals surface area contributed by atoms with Gasteiger partial charge in [0.2, 0.25) is 0 Å². The van der Waals surface area contributed by atoms with E-state index in [0.29, 0.717) is 0 Å². The van der Waals surface area contributed by atoms with Gasteiger partial charge in [0.1, 0.15) is 0 Å². The van der Waals surface area contributed by atoms with E-state index in [2.05, 4.69) is 60.2 Å². The molecule has 4 heterocycles. The first kappa shape index (κ1) is 30.1. The Hall–Kier alpha value is -6.03. The molecule has 9 rings (SSSR count). The van der Waals surface area contributed by atoms with Gasteiger partial charge in [0, 0.05) is 73.4 Å². The van der Waals surface area contributed by atoms with Crippen LogP contribution in [0, 0.1) is 13.8 Å². The lowest BCUT2D eigenvalue weighted by atomic mass is 9.86. The number of hydrogen-bond acceptors (Lipinski definition) is 5. The molecule has 0 spiro atoms. The molecule has 4 aromatic heterocycles. The molecule has 0 aliphatic rings. The Kier molecular flexibility index (Phi) is 7.12. The van der Waals surface area contributed by atoms with Crippen molar-refractivity contribution >= 4 is 66.4 Å². The van der Waals surface area contributed by atoms with Crippen LogP contribution in [0.25, 0.3) is 65.9 Å². The molecule has 0 N–H and O–H groups in total. The SMILES string of the molecule is Cc1c2c(-c3cccnc3)nc3cc(P(=O)(c4ccccc4)c4ccccc4)ccc3c2c(C)c2c(-c3cccnc3)nc3ccccc3c12. The van der Waals surface area contributed by atoms with Crippen molar-refractivity contribution in [2.75, 3.05) is 0 Å². The third-order valence-corrected chi connectivity index (χ3v) is 12.9. The number of para-hydroxylation sites is 1. The fourth-order valence-corrected chi connectivity index (χ4v) is 10.2. The maximum absolute atomic E-state index is 15.5. The number of aryl methyl sites for hydroxylation is 2. The van der Waals surface area contributed by atoms with Crippen molar-refractivity contribution in [3.63, 3.8) is 0 Å². The van der Waals surface area contributed by atoms with Crippen LogP contribution in [0.2, 0.25) is 0 Å². The molecule has 0 amide bonds. The molecule has 0 unspecified atom stereocenters. The highest BCUT2D eigenvalue weighted by Crippen LogP contribution is 2.47. The predicted molar refractivity (Wildman–Crippen MR) is 207 cm³/mol. The number of rotatable bonds is 5. The number of pyridine rings is 4. The van der Waals surface area contributed by atoms with Crippen LogP contribution in [-0.4, -0.2) is 19.9 Å². The van der Waals surface area contributed by atoms with E-state index < -0.39 is 7.14 Å². The normalized spacial score (nSPS) is 11.9. The Morgan fingerprint density at radius 1 is 0.460 bits per heavy atom. The third kappa shape index (κ3) is 4.58. The standard InChI is InChI=1S/C44H31N4OP/c1-28-39-35-19-9-10-20-37(35)47-43(30-13-11-23-45-26-30)41(39)29(2)40-36-22-21-34(25-38(36)48-44(42(28)40)31-14-12-24-46-27-31)50(49,32-15-5-3-6-16-32)33-17-7-4-8-18-33/h3-27H,1-2H3. The van der Waals surface area contributed by atoms with E-state index >= 15 is 4.57 Å². The Labute approximate surface area is 289 Å². The van der Waals surface area contributed by atoms with E-state index in [9.17, 15) is 0 Å². The summed E-state index contributed by atoms with van der Waals surface area (Å²) in [5.41, 5.74) is 7.57. The van der Waals surface area contributed by atoms with Gasteiger partial charge >= 0.3 is 0 Å². The smallest absolute Gasteiger partial charge is 0.171 e. The molecule has 238 valence electrons. The van der Waals surface area contributed by atoms with Crippen molar-refractivity contribution in [3.8, 4) is 22.5 Å². The summed E-state index contributed by atoms with van der Waals surface area (Å²) in [5.74, 6) is 0. The van der Waals surface area contributed by atoms with Gasteiger partial charge in [-0.2, -0.15) is 0 Å². The molecule has 6 heteroatoms. The minimum atomic E-state index is -3.23. The lowest BCUT2D eigenvalue weighted by Crippen LogP contribution is -2.25. The first-order valence-electron chi connectivity index (χ1n) is 16.7. The second-order valence-corrected chi connectivity index (χ2v) is 15.4. The van der Waals surface area contributed by atoms with Gasteiger partial charge in [0.25, 0.3) is 0 Å². The van der Waals surface area contributed by atoms with Crippen molar-refractivity contribution < 1.29 is 4.57 Å². The summed E-state index contributed by atoms with van der Waals surface area (Å²) < 4.78 is 15.5. The number of fused-ring (bicyclic) bond motifs is 6. The molecule has 0 radical (unpaired) electrons. The molecule has 0 aliphatic carbocycles. The molecular formula is C44H31N4OP. The van der Waals surface area contributed by atoms with E-state index in [-0.39, 0.29) is 0 Å². The summed E-state index contributed by atoms with van der Waals surface area (Å²) in [6.07, 6.45) is 7.34. The molecule has 50 heavy (non-hydrogen) atoms. The average molecular weight is 663 g/mol. The van der Waals surface area contributed by atoms with Gasteiger partial charge in [-0.3, -0.25) is 9.97 Å². The molecule has 0 saturated carbocycles. The number of aromatic nitrogens is 4. The monoisotopic (exact) mass is 662 g/mol. The Morgan fingerprint density at radius 3 is 1.50 bits per heavy atom. The highest BCUT2D eigenvalue weighted by atomic mass is 31.2. The maximum atomic E-state index is 15.5. The molecule has 0 bridgehead atoms. The van der Waals surface area contributed by atoms with E-state index in [1.165, 1.54) is 0 Å². The van der Waals surface area contributed by atoms with Crippen LogP contribution in [0.15, 0.2) is 152 Å². The van der Waals surface area contributed by atoms with Crippen LogP contribution in [0.1, 0.15) is 11.1 Å². The minimum absolute atomic E-state index is 0.741. The molecule has 0 aliphatic heterocycles. The van der Waals surface area contributed by atoms with E-state index in [1.807, 2.05) is 103 Å². The van der Waals surface area contributed by atoms with Crippen LogP contribution in [0.5, 0.6) is 0 Å². The van der Waals surface area contributed by atoms with Crippen molar-refractivity contribution in [3.05, 3.63) is 163 Å². The maximum Gasteiger partial charge on any atom is 0.171 e. The van der Waals surface area contributed by atoms with Gasteiger partial charge in [-0.15, -0.1) is 0 Å². The zero-order valence-electron chi connectivity index (χ0n) is 27.6. The van der Waals surface area contributed by atoms with E-state index in [1.54, 1.807) is 12.4 Å². The Morgan fingerprint density at radius 2 is 0.960 bits per heavy atom. The van der Waals surface area contributed by atoms with Gasteiger partial charge < -0.3 is 4.57 Å². The van der Waals surface area contributed by atoms with Crippen molar-refractivity contribution in [2.24, 2.45) is 0 Å². The largest absolute Gasteiger partial charge is 0.309 e. The molecule has 0 atom stereocenters. The second-order valence-electron chi connectivity index (χ2n) is 12.7. The van der Waals surface area contributed by atoms with Gasteiger partial charge in [0.15, 0.2) is 7.14 Å². The van der Waals surface area contributed by atoms with Crippen LogP contribution in [-0.2, 0) is 4.57 Å². The molecular weight excluding hydrogens is 631 g/mol. The number of hydrogen-bond donors (Lipinski definition) is 0. The first-order valence-corrected chi connectivity index (χ1v) is 18.4. The minimum Gasteiger partial charge on any atom is -0.309 e. The van der Waals surface area contributed by atoms with Crippen LogP contribution < -0.4 is 15.9 Å². The molecule has 5 nitrogen and oxygen atoms in total. The third-order valence-electron chi connectivity index (χ3n) is 9.84.